The fraction of sp³-hybridized carbons (Fsp3) is 0.316. The van der Waals surface area contributed by atoms with Crippen molar-refractivity contribution in [1.82, 2.24) is 5.32 Å². The van der Waals surface area contributed by atoms with Gasteiger partial charge in [-0.1, -0.05) is 24.3 Å². The molecular weight excluding hydrogens is 339 g/mol. The van der Waals surface area contributed by atoms with E-state index >= 15 is 0 Å². The van der Waals surface area contributed by atoms with Crippen LogP contribution in [0.4, 0.5) is 10.1 Å². The summed E-state index contributed by atoms with van der Waals surface area (Å²) < 4.78 is 26.5. The first-order chi connectivity index (χ1) is 12.0. The van der Waals surface area contributed by atoms with Gasteiger partial charge in [0.15, 0.2) is 22.3 Å². The van der Waals surface area contributed by atoms with Gasteiger partial charge in [-0.3, -0.25) is 4.90 Å². The summed E-state index contributed by atoms with van der Waals surface area (Å²) >= 11 is 5.55. The first kappa shape index (κ1) is 16.1. The van der Waals surface area contributed by atoms with Crippen LogP contribution in [-0.2, 0) is 0 Å². The quantitative estimate of drug-likeness (QED) is 0.834. The van der Waals surface area contributed by atoms with Gasteiger partial charge in [0.1, 0.15) is 5.82 Å². The summed E-state index contributed by atoms with van der Waals surface area (Å²) in [5, 5.41) is 3.78. The zero-order valence-corrected chi connectivity index (χ0v) is 14.9. The smallest absolute Gasteiger partial charge is 0.188 e. The summed E-state index contributed by atoms with van der Waals surface area (Å²) in [5.74, 6) is 1.05. The molecule has 2 bridgehead atoms. The lowest BCUT2D eigenvalue weighted by Gasteiger charge is -2.52. The minimum Gasteiger partial charge on any atom is -0.490 e. The molecule has 1 saturated heterocycles. The van der Waals surface area contributed by atoms with E-state index in [0.717, 1.165) is 5.56 Å². The van der Waals surface area contributed by atoms with Crippen molar-refractivity contribution in [1.29, 1.82) is 0 Å². The van der Waals surface area contributed by atoms with Crippen molar-refractivity contribution in [2.24, 2.45) is 0 Å². The fourth-order valence-electron chi connectivity index (χ4n) is 3.63. The Bertz CT molecular complexity index is 844. The number of nitrogens with zero attached hydrogens (tertiary/aromatic N) is 1. The van der Waals surface area contributed by atoms with E-state index in [-0.39, 0.29) is 11.9 Å². The Hall–Kier alpha value is -2.34. The summed E-state index contributed by atoms with van der Waals surface area (Å²) in [4.78, 5) is 1.72. The maximum absolute atomic E-state index is 14.4. The Morgan fingerprint density at radius 3 is 2.88 bits per heavy atom. The van der Waals surface area contributed by atoms with Gasteiger partial charge in [-0.05, 0) is 44.3 Å². The van der Waals surface area contributed by atoms with Crippen LogP contribution in [-0.4, -0.2) is 17.4 Å². The molecule has 6 heteroatoms. The van der Waals surface area contributed by atoms with Gasteiger partial charge < -0.3 is 14.8 Å². The zero-order valence-electron chi connectivity index (χ0n) is 14.1. The molecule has 1 N–H and O–H groups in total. The van der Waals surface area contributed by atoms with E-state index in [0.29, 0.717) is 35.3 Å². The van der Waals surface area contributed by atoms with E-state index in [4.69, 9.17) is 21.7 Å². The van der Waals surface area contributed by atoms with Crippen molar-refractivity contribution in [3.63, 3.8) is 0 Å². The van der Waals surface area contributed by atoms with Crippen molar-refractivity contribution >= 4 is 23.0 Å². The molecule has 2 aromatic rings. The van der Waals surface area contributed by atoms with Crippen LogP contribution in [0.3, 0.4) is 0 Å². The third-order valence-corrected chi connectivity index (χ3v) is 4.96. The zero-order chi connectivity index (χ0) is 17.6. The highest BCUT2D eigenvalue weighted by atomic mass is 32.1. The molecule has 0 unspecified atom stereocenters. The van der Waals surface area contributed by atoms with E-state index in [2.05, 4.69) is 5.32 Å². The number of halogens is 1. The van der Waals surface area contributed by atoms with Crippen molar-refractivity contribution in [2.45, 2.75) is 32.0 Å². The number of hydrogen-bond acceptors (Lipinski definition) is 3. The number of nitrogens with one attached hydrogen (secondary N) is 1. The average molecular weight is 358 g/mol. The second-order valence-corrected chi connectivity index (χ2v) is 6.76. The van der Waals surface area contributed by atoms with Gasteiger partial charge >= 0.3 is 0 Å². The number of benzene rings is 2. The number of anilines is 1. The predicted molar refractivity (Wildman–Crippen MR) is 98.6 cm³/mol. The molecule has 25 heavy (non-hydrogen) atoms. The summed E-state index contributed by atoms with van der Waals surface area (Å²) in [6, 6.07) is 12.4. The summed E-state index contributed by atoms with van der Waals surface area (Å²) in [6.45, 7) is 4.42. The molecule has 2 aliphatic heterocycles. The summed E-state index contributed by atoms with van der Waals surface area (Å²) in [6.07, 6.45) is 0.643. The SMILES string of the molecule is CCOc1cccc2c1O[C@@]1(C)C[C@@H]2NC(=S)N1c1ccccc1F. The molecular formula is C19H19FN2O2S. The highest BCUT2D eigenvalue weighted by Crippen LogP contribution is 2.49. The number of hydrogen-bond donors (Lipinski definition) is 1. The maximum atomic E-state index is 14.4. The Balaban J connectivity index is 1.82. The van der Waals surface area contributed by atoms with Crippen molar-refractivity contribution < 1.29 is 13.9 Å². The highest BCUT2D eigenvalue weighted by molar-refractivity contribution is 7.80. The molecule has 0 spiro atoms. The number of ether oxygens (including phenoxy) is 2. The van der Waals surface area contributed by atoms with Gasteiger partial charge in [-0.25, -0.2) is 4.39 Å². The van der Waals surface area contributed by atoms with Crippen molar-refractivity contribution in [3.8, 4) is 11.5 Å². The van der Waals surface area contributed by atoms with Crippen LogP contribution < -0.4 is 19.7 Å². The Kier molecular flexibility index (Phi) is 3.80. The Morgan fingerprint density at radius 2 is 2.12 bits per heavy atom. The topological polar surface area (TPSA) is 33.7 Å². The normalized spacial score (nSPS) is 24.2. The monoisotopic (exact) mass is 358 g/mol. The van der Waals surface area contributed by atoms with Crippen LogP contribution in [0.15, 0.2) is 42.5 Å². The Morgan fingerprint density at radius 1 is 1.32 bits per heavy atom. The minimum absolute atomic E-state index is 0.00433. The van der Waals surface area contributed by atoms with Crippen LogP contribution in [0.5, 0.6) is 11.5 Å². The molecule has 1 fully saturated rings. The van der Waals surface area contributed by atoms with E-state index in [9.17, 15) is 4.39 Å². The van der Waals surface area contributed by atoms with E-state index in [1.807, 2.05) is 32.0 Å². The number of thiocarbonyl (C=S) groups is 1. The van der Waals surface area contributed by atoms with E-state index in [1.165, 1.54) is 6.07 Å². The minimum atomic E-state index is -0.796. The maximum Gasteiger partial charge on any atom is 0.188 e. The third kappa shape index (κ3) is 2.52. The molecule has 2 aromatic carbocycles. The van der Waals surface area contributed by atoms with Gasteiger partial charge in [-0.15, -0.1) is 0 Å². The van der Waals surface area contributed by atoms with Gasteiger partial charge in [0.25, 0.3) is 0 Å². The van der Waals surface area contributed by atoms with E-state index in [1.54, 1.807) is 23.1 Å². The van der Waals surface area contributed by atoms with E-state index < -0.39 is 5.72 Å². The lowest BCUT2D eigenvalue weighted by atomic mass is 9.90. The molecule has 130 valence electrons. The molecule has 4 nitrogen and oxygen atoms in total. The molecule has 2 heterocycles. The van der Waals surface area contributed by atoms with Crippen molar-refractivity contribution in [3.05, 3.63) is 53.8 Å². The third-order valence-electron chi connectivity index (χ3n) is 4.66. The fourth-order valence-corrected chi connectivity index (χ4v) is 4.06. The van der Waals surface area contributed by atoms with Crippen molar-refractivity contribution in [2.75, 3.05) is 11.5 Å². The van der Waals surface area contributed by atoms with Gasteiger partial charge in [0.05, 0.1) is 18.3 Å². The first-order valence-corrected chi connectivity index (χ1v) is 8.74. The number of rotatable bonds is 3. The number of para-hydroxylation sites is 2. The largest absolute Gasteiger partial charge is 0.490 e. The van der Waals surface area contributed by atoms with Crippen LogP contribution in [0.1, 0.15) is 31.9 Å². The van der Waals surface area contributed by atoms with Gasteiger partial charge in [0, 0.05) is 12.0 Å². The Labute approximate surface area is 151 Å². The van der Waals surface area contributed by atoms with Gasteiger partial charge in [0.2, 0.25) is 0 Å². The van der Waals surface area contributed by atoms with Crippen LogP contribution in [0, 0.1) is 5.82 Å². The van der Waals surface area contributed by atoms with Crippen LogP contribution >= 0.6 is 12.2 Å². The molecule has 4 rings (SSSR count). The highest BCUT2D eigenvalue weighted by Gasteiger charge is 2.49. The lowest BCUT2D eigenvalue weighted by Crippen LogP contribution is -2.65. The second kappa shape index (κ2) is 5.88. The molecule has 0 radical (unpaired) electrons. The first-order valence-electron chi connectivity index (χ1n) is 8.33. The molecule has 0 aromatic heterocycles. The molecule has 0 aliphatic carbocycles. The summed E-state index contributed by atoms with van der Waals surface area (Å²) in [5.41, 5.74) is 0.618. The second-order valence-electron chi connectivity index (χ2n) is 6.38. The molecule has 0 amide bonds. The predicted octanol–water partition coefficient (Wildman–Crippen LogP) is 4.16. The molecule has 0 saturated carbocycles. The van der Waals surface area contributed by atoms with Crippen LogP contribution in [0.25, 0.3) is 0 Å². The average Bonchev–Trinajstić information content (AvgIpc) is 2.57. The van der Waals surface area contributed by atoms with Gasteiger partial charge in [-0.2, -0.15) is 0 Å². The lowest BCUT2D eigenvalue weighted by molar-refractivity contribution is 0.0452. The molecule has 2 aliphatic rings. The molecule has 2 atom stereocenters. The number of fused-ring (bicyclic) bond motifs is 4. The standard InChI is InChI=1S/C19H19FN2O2S/c1-3-23-16-10-6-7-12-14-11-19(2,24-17(12)16)22(18(25)21-14)15-9-5-4-8-13(15)20/h4-10,14H,3,11H2,1-2H3,(H,21,25)/t14-,19-/m0/s1. The van der Waals surface area contributed by atoms with Crippen LogP contribution in [0.2, 0.25) is 0 Å². The summed E-state index contributed by atoms with van der Waals surface area (Å²) in [7, 11) is 0.